The van der Waals surface area contributed by atoms with Crippen LogP contribution in [0.4, 0.5) is 0 Å². The highest BCUT2D eigenvalue weighted by atomic mass is 16.6. The Balaban J connectivity index is 1.50. The van der Waals surface area contributed by atoms with E-state index in [1.807, 2.05) is 34.6 Å². The zero-order valence-corrected chi connectivity index (χ0v) is 22.0. The highest BCUT2D eigenvalue weighted by molar-refractivity contribution is 6.10. The van der Waals surface area contributed by atoms with Gasteiger partial charge >= 0.3 is 0 Å². The molecule has 14 unspecified atom stereocenters. The van der Waals surface area contributed by atoms with E-state index in [1.165, 1.54) is 0 Å². The molecule has 14 atom stereocenters. The van der Waals surface area contributed by atoms with E-state index in [4.69, 9.17) is 9.47 Å². The van der Waals surface area contributed by atoms with Crippen molar-refractivity contribution in [3.8, 4) is 0 Å². The fourth-order valence-electron chi connectivity index (χ4n) is 9.03. The number of Topliss-reactive ketones (excluding diaryl/α,β-unsaturated/α-hetero) is 2. The zero-order chi connectivity index (χ0) is 26.3. The van der Waals surface area contributed by atoms with E-state index in [0.717, 1.165) is 0 Å². The van der Waals surface area contributed by atoms with Crippen LogP contribution in [0.2, 0.25) is 0 Å². The van der Waals surface area contributed by atoms with Crippen molar-refractivity contribution >= 4 is 11.6 Å². The summed E-state index contributed by atoms with van der Waals surface area (Å²) in [6, 6.07) is 0. The molecule has 0 aromatic carbocycles. The van der Waals surface area contributed by atoms with Gasteiger partial charge in [-0.1, -0.05) is 34.6 Å². The van der Waals surface area contributed by atoms with Crippen LogP contribution < -0.4 is 0 Å². The Hall–Kier alpha value is -1.16. The van der Waals surface area contributed by atoms with Gasteiger partial charge in [-0.3, -0.25) is 9.59 Å². The number of fused-ring (bicyclic) bond motifs is 7. The highest BCUT2D eigenvalue weighted by Gasteiger charge is 2.80. The fourth-order valence-corrected chi connectivity index (χ4v) is 9.03. The number of hydrogen-bond acceptors (Lipinski definition) is 8. The quantitative estimate of drug-likeness (QED) is 0.421. The van der Waals surface area contributed by atoms with Crippen molar-refractivity contribution in [2.24, 2.45) is 40.4 Å². The number of carbonyl (C=O) groups is 2. The van der Waals surface area contributed by atoms with Crippen LogP contribution in [0.15, 0.2) is 11.1 Å². The van der Waals surface area contributed by atoms with Gasteiger partial charge in [0, 0.05) is 23.3 Å². The fraction of sp³-hybridized carbons (Fsp3) is 0.857. The van der Waals surface area contributed by atoms with E-state index in [2.05, 4.69) is 0 Å². The van der Waals surface area contributed by atoms with Gasteiger partial charge < -0.3 is 29.9 Å². The Labute approximate surface area is 212 Å². The van der Waals surface area contributed by atoms with Crippen molar-refractivity contribution in [3.05, 3.63) is 11.1 Å². The second-order valence-corrected chi connectivity index (χ2v) is 13.4. The summed E-state index contributed by atoms with van der Waals surface area (Å²) in [5, 5.41) is 44.8. The molecule has 0 aromatic heterocycles. The summed E-state index contributed by atoms with van der Waals surface area (Å²) in [6.07, 6.45) is -4.69. The van der Waals surface area contributed by atoms with Crippen molar-refractivity contribution < 1.29 is 39.5 Å². The summed E-state index contributed by atoms with van der Waals surface area (Å²) < 4.78 is 12.6. The third kappa shape index (κ3) is 2.66. The van der Waals surface area contributed by atoms with Crippen molar-refractivity contribution in [2.45, 2.75) is 109 Å². The summed E-state index contributed by atoms with van der Waals surface area (Å²) >= 11 is 0. The van der Waals surface area contributed by atoms with E-state index in [9.17, 15) is 30.0 Å². The zero-order valence-electron chi connectivity index (χ0n) is 22.0. The molecule has 4 aliphatic carbocycles. The first-order valence-electron chi connectivity index (χ1n) is 13.6. The molecule has 36 heavy (non-hydrogen) atoms. The largest absolute Gasteiger partial charge is 0.393 e. The van der Waals surface area contributed by atoms with Gasteiger partial charge in [0.25, 0.3) is 0 Å². The molecule has 1 spiro atoms. The van der Waals surface area contributed by atoms with E-state index in [1.54, 1.807) is 6.92 Å². The predicted octanol–water partition coefficient (Wildman–Crippen LogP) is 1.17. The number of rotatable bonds is 3. The first-order chi connectivity index (χ1) is 16.7. The van der Waals surface area contributed by atoms with Gasteiger partial charge in [0.1, 0.15) is 23.9 Å². The lowest BCUT2D eigenvalue weighted by Crippen LogP contribution is -2.56. The molecule has 2 saturated carbocycles. The van der Waals surface area contributed by atoms with Crippen LogP contribution in [0.1, 0.15) is 60.8 Å². The molecule has 4 N–H and O–H groups in total. The Bertz CT molecular complexity index is 1050. The lowest BCUT2D eigenvalue weighted by Gasteiger charge is -2.48. The minimum absolute atomic E-state index is 0.0449. The van der Waals surface area contributed by atoms with Gasteiger partial charge in [0.15, 0.2) is 11.6 Å². The van der Waals surface area contributed by atoms with Crippen molar-refractivity contribution in [1.82, 2.24) is 0 Å². The Morgan fingerprint density at radius 3 is 2.39 bits per heavy atom. The van der Waals surface area contributed by atoms with Crippen LogP contribution in [0.3, 0.4) is 0 Å². The maximum absolute atomic E-state index is 14.1. The van der Waals surface area contributed by atoms with Crippen LogP contribution >= 0.6 is 0 Å². The second-order valence-electron chi connectivity index (χ2n) is 13.4. The standard InChI is InChI=1S/C28H40O8/c1-10(2)11(3)18(30)21-12(4)16-22(35-21)15-14-17(20(32)24(34)27(16,6)23(15)33)26(5)8-7-13(29)9-28(26)25(36-28)19(14)31/h10-13,15-16,18-19,21-22,24-25,29-31,34H,7-9H2,1-6H3. The molecule has 6 aliphatic rings. The maximum atomic E-state index is 14.1. The van der Waals surface area contributed by atoms with Crippen molar-refractivity contribution in [2.75, 3.05) is 0 Å². The van der Waals surface area contributed by atoms with E-state index >= 15 is 0 Å². The predicted molar refractivity (Wildman–Crippen MR) is 128 cm³/mol. The molecule has 0 amide bonds. The smallest absolute Gasteiger partial charge is 0.189 e. The molecular weight excluding hydrogens is 464 g/mol. The summed E-state index contributed by atoms with van der Waals surface area (Å²) in [5.41, 5.74) is -2.44. The molecule has 4 fully saturated rings. The van der Waals surface area contributed by atoms with Crippen LogP contribution in [0, 0.1) is 40.4 Å². The average Bonchev–Trinajstić information content (AvgIpc) is 3.40. The first-order valence-corrected chi connectivity index (χ1v) is 13.6. The molecule has 2 bridgehead atoms. The van der Waals surface area contributed by atoms with Crippen LogP contribution in [-0.4, -0.2) is 80.3 Å². The van der Waals surface area contributed by atoms with E-state index in [-0.39, 0.29) is 23.5 Å². The first kappa shape index (κ1) is 25.1. The highest BCUT2D eigenvalue weighted by Crippen LogP contribution is 2.70. The number of ketones is 2. The summed E-state index contributed by atoms with van der Waals surface area (Å²) in [4.78, 5) is 28.2. The van der Waals surface area contributed by atoms with Gasteiger partial charge in [0.2, 0.25) is 0 Å². The molecule has 2 aliphatic heterocycles. The molecule has 2 saturated heterocycles. The lowest BCUT2D eigenvalue weighted by atomic mass is 9.54. The van der Waals surface area contributed by atoms with Gasteiger partial charge in [-0.05, 0) is 43.1 Å². The van der Waals surface area contributed by atoms with Gasteiger partial charge in [-0.2, -0.15) is 0 Å². The number of carbonyl (C=O) groups excluding carboxylic acids is 2. The van der Waals surface area contributed by atoms with E-state index in [0.29, 0.717) is 30.4 Å². The maximum Gasteiger partial charge on any atom is 0.189 e. The normalized spacial score (nSPS) is 55.0. The Morgan fingerprint density at radius 1 is 1.08 bits per heavy atom. The minimum atomic E-state index is -1.58. The molecule has 8 nitrogen and oxygen atoms in total. The molecule has 6 rings (SSSR count). The molecule has 0 aromatic rings. The molecule has 2 heterocycles. The number of aliphatic hydroxyl groups is 4. The second kappa shape index (κ2) is 7.48. The molecule has 200 valence electrons. The molecule has 8 heteroatoms. The Kier molecular flexibility index (Phi) is 5.22. The average molecular weight is 505 g/mol. The molecular formula is C28H40O8. The summed E-state index contributed by atoms with van der Waals surface area (Å²) in [7, 11) is 0. The number of ether oxygens (including phenoxy) is 2. The van der Waals surface area contributed by atoms with Gasteiger partial charge in [-0.25, -0.2) is 0 Å². The monoisotopic (exact) mass is 504 g/mol. The SMILES string of the molecule is CC(C)C(C)C(O)C1OC2C3C(=O)C(C)(C(O)C(=O)C4=C3C(O)C3OC35CC(O)CCC45C)C2C1C. The van der Waals surface area contributed by atoms with Crippen LogP contribution in [-0.2, 0) is 19.1 Å². The van der Waals surface area contributed by atoms with Gasteiger partial charge in [0.05, 0.1) is 35.7 Å². The number of aliphatic hydroxyl groups excluding tert-OH is 4. The van der Waals surface area contributed by atoms with Crippen molar-refractivity contribution in [1.29, 1.82) is 0 Å². The van der Waals surface area contributed by atoms with E-state index < -0.39 is 76.8 Å². The lowest BCUT2D eigenvalue weighted by molar-refractivity contribution is -0.146. The third-order valence-electron chi connectivity index (χ3n) is 11.5. The van der Waals surface area contributed by atoms with Crippen LogP contribution in [0.25, 0.3) is 0 Å². The minimum Gasteiger partial charge on any atom is -0.393 e. The Morgan fingerprint density at radius 2 is 1.75 bits per heavy atom. The van der Waals surface area contributed by atoms with Crippen LogP contribution in [0.5, 0.6) is 0 Å². The summed E-state index contributed by atoms with van der Waals surface area (Å²) in [6.45, 7) is 11.6. The molecule has 0 radical (unpaired) electrons. The number of epoxide rings is 1. The third-order valence-corrected chi connectivity index (χ3v) is 11.5. The van der Waals surface area contributed by atoms with Crippen molar-refractivity contribution in [3.63, 3.8) is 0 Å². The summed E-state index contributed by atoms with van der Waals surface area (Å²) in [5.74, 6) is -2.23. The van der Waals surface area contributed by atoms with Gasteiger partial charge in [-0.15, -0.1) is 0 Å². The topological polar surface area (TPSA) is 137 Å². The number of hydrogen-bond donors (Lipinski definition) is 4.